The number of hydrogen-bond acceptors (Lipinski definition) is 2. The van der Waals surface area contributed by atoms with Gasteiger partial charge in [0.2, 0.25) is 0 Å². The molecule has 2 heteroatoms. The van der Waals surface area contributed by atoms with Gasteiger partial charge in [0, 0.05) is 37.3 Å². The van der Waals surface area contributed by atoms with E-state index in [0.29, 0.717) is 17.9 Å². The van der Waals surface area contributed by atoms with Gasteiger partial charge in [0.1, 0.15) is 0 Å². The molecule has 0 radical (unpaired) electrons. The summed E-state index contributed by atoms with van der Waals surface area (Å²) in [7, 11) is 0. The zero-order valence-electron chi connectivity index (χ0n) is 19.6. The summed E-state index contributed by atoms with van der Waals surface area (Å²) < 4.78 is 0. The summed E-state index contributed by atoms with van der Waals surface area (Å²) in [5, 5.41) is 0. The Kier molecular flexibility index (Phi) is 6.53. The Balaban J connectivity index is 1.36. The van der Waals surface area contributed by atoms with Gasteiger partial charge in [-0.3, -0.25) is 0 Å². The van der Waals surface area contributed by atoms with Gasteiger partial charge in [-0.2, -0.15) is 0 Å². The molecular weight excluding hydrogens is 364 g/mol. The summed E-state index contributed by atoms with van der Waals surface area (Å²) in [5.41, 5.74) is 8.96. The van der Waals surface area contributed by atoms with Crippen molar-refractivity contribution in [3.63, 3.8) is 0 Å². The van der Waals surface area contributed by atoms with Gasteiger partial charge in [-0.1, -0.05) is 55.0 Å². The number of hydrogen-bond donors (Lipinski definition) is 0. The van der Waals surface area contributed by atoms with Gasteiger partial charge >= 0.3 is 0 Å². The Morgan fingerprint density at radius 3 is 2.70 bits per heavy atom. The Morgan fingerprint density at radius 1 is 1.20 bits per heavy atom. The fraction of sp³-hybridized carbons (Fsp3) is 0.571. The zero-order valence-corrected chi connectivity index (χ0v) is 19.6. The molecule has 0 N–H and O–H groups in total. The van der Waals surface area contributed by atoms with Crippen LogP contribution in [0.1, 0.15) is 69.9 Å². The molecule has 0 spiro atoms. The van der Waals surface area contributed by atoms with Crippen LogP contribution in [0.2, 0.25) is 0 Å². The lowest BCUT2D eigenvalue weighted by molar-refractivity contribution is 0.126. The van der Waals surface area contributed by atoms with Crippen LogP contribution in [0.25, 0.3) is 0 Å². The molecule has 4 rings (SSSR count). The largest absolute Gasteiger partial charge is 0.364 e. The van der Waals surface area contributed by atoms with Crippen molar-refractivity contribution in [2.45, 2.75) is 71.8 Å². The quantitative estimate of drug-likeness (QED) is 0.482. The van der Waals surface area contributed by atoms with E-state index in [1.165, 1.54) is 68.4 Å². The van der Waals surface area contributed by atoms with Crippen molar-refractivity contribution >= 4 is 0 Å². The maximum Gasteiger partial charge on any atom is 0.0394 e. The average Bonchev–Trinajstić information content (AvgIpc) is 3.02. The van der Waals surface area contributed by atoms with E-state index in [1.54, 1.807) is 16.8 Å². The van der Waals surface area contributed by atoms with Crippen LogP contribution in [0, 0.1) is 12.8 Å². The molecule has 1 aliphatic carbocycles. The molecule has 2 saturated heterocycles. The minimum absolute atomic E-state index is 0.652. The molecule has 1 aromatic rings. The fourth-order valence-electron chi connectivity index (χ4n) is 5.87. The molecule has 1 aromatic carbocycles. The molecular formula is C28H40N2. The lowest BCUT2D eigenvalue weighted by Crippen LogP contribution is -2.46. The van der Waals surface area contributed by atoms with Crippen LogP contribution in [-0.4, -0.2) is 42.0 Å². The first-order valence-electron chi connectivity index (χ1n) is 12.0. The molecule has 0 bridgehead atoms. The highest BCUT2D eigenvalue weighted by molar-refractivity contribution is 5.45. The molecule has 30 heavy (non-hydrogen) atoms. The van der Waals surface area contributed by atoms with E-state index in [1.807, 2.05) is 0 Å². The first kappa shape index (κ1) is 21.4. The van der Waals surface area contributed by atoms with Crippen LogP contribution in [0.15, 0.2) is 59.3 Å². The molecule has 2 heterocycles. The summed E-state index contributed by atoms with van der Waals surface area (Å²) in [6, 6.07) is 9.80. The fourth-order valence-corrected chi connectivity index (χ4v) is 5.87. The van der Waals surface area contributed by atoms with Crippen LogP contribution in [0.3, 0.4) is 0 Å². The number of piperidine rings is 1. The third kappa shape index (κ3) is 4.44. The Hall–Kier alpha value is -1.80. The van der Waals surface area contributed by atoms with Gasteiger partial charge < -0.3 is 9.80 Å². The van der Waals surface area contributed by atoms with E-state index < -0.39 is 0 Å². The number of benzene rings is 1. The van der Waals surface area contributed by atoms with E-state index in [4.69, 9.17) is 0 Å². The van der Waals surface area contributed by atoms with Gasteiger partial charge in [0.05, 0.1) is 0 Å². The molecule has 3 aliphatic rings. The second-order valence-corrected chi connectivity index (χ2v) is 10.1. The van der Waals surface area contributed by atoms with E-state index >= 15 is 0 Å². The highest BCUT2D eigenvalue weighted by Gasteiger charge is 2.44. The van der Waals surface area contributed by atoms with Gasteiger partial charge in [-0.05, 0) is 82.0 Å². The van der Waals surface area contributed by atoms with Crippen LogP contribution < -0.4 is 0 Å². The van der Waals surface area contributed by atoms with Gasteiger partial charge in [-0.25, -0.2) is 0 Å². The van der Waals surface area contributed by atoms with E-state index in [0.717, 1.165) is 6.54 Å². The van der Waals surface area contributed by atoms with Gasteiger partial charge in [0.15, 0.2) is 0 Å². The predicted molar refractivity (Wildman–Crippen MR) is 129 cm³/mol. The number of likely N-dealkylation sites (tertiary alicyclic amines) is 2. The van der Waals surface area contributed by atoms with Crippen molar-refractivity contribution < 1.29 is 0 Å². The zero-order chi connectivity index (χ0) is 21.3. The Bertz CT molecular complexity index is 829. The molecule has 3 atom stereocenters. The number of fused-ring (bicyclic) bond motifs is 3. The van der Waals surface area contributed by atoms with Crippen molar-refractivity contribution in [2.24, 2.45) is 5.92 Å². The topological polar surface area (TPSA) is 6.48 Å². The SMILES string of the molecule is C=C(C)CN1C2=C(C)CCC=C2C2CN(CCCC(C)c3ccc(C)cc3)CCC21. The molecule has 3 unspecified atom stereocenters. The minimum atomic E-state index is 0.652. The smallest absolute Gasteiger partial charge is 0.0394 e. The normalized spacial score (nSPS) is 25.1. The van der Waals surface area contributed by atoms with E-state index in [9.17, 15) is 0 Å². The molecule has 0 amide bonds. The third-order valence-electron chi connectivity index (χ3n) is 7.51. The van der Waals surface area contributed by atoms with Crippen molar-refractivity contribution in [2.75, 3.05) is 26.2 Å². The monoisotopic (exact) mass is 404 g/mol. The van der Waals surface area contributed by atoms with Crippen LogP contribution in [0.4, 0.5) is 0 Å². The van der Waals surface area contributed by atoms with Crippen molar-refractivity contribution in [3.8, 4) is 0 Å². The van der Waals surface area contributed by atoms with Crippen molar-refractivity contribution in [3.05, 3.63) is 70.5 Å². The lowest BCUT2D eigenvalue weighted by atomic mass is 9.85. The van der Waals surface area contributed by atoms with Crippen molar-refractivity contribution in [1.82, 2.24) is 9.80 Å². The number of nitrogens with zero attached hydrogens (tertiary/aromatic N) is 2. The standard InChI is InChI=1S/C28H40N2/c1-20(2)18-30-27-15-17-29(19-26(27)25-10-6-8-23(5)28(25)30)16-7-9-22(4)24-13-11-21(3)12-14-24/h10-14,22,26-27H,1,6-9,15-19H2,2-5H3. The Morgan fingerprint density at radius 2 is 1.97 bits per heavy atom. The first-order chi connectivity index (χ1) is 14.4. The lowest BCUT2D eigenvalue weighted by Gasteiger charge is -2.38. The predicted octanol–water partition coefficient (Wildman–Crippen LogP) is 6.46. The average molecular weight is 405 g/mol. The van der Waals surface area contributed by atoms with Gasteiger partial charge in [-0.15, -0.1) is 0 Å². The van der Waals surface area contributed by atoms with Gasteiger partial charge in [0.25, 0.3) is 0 Å². The maximum atomic E-state index is 4.23. The van der Waals surface area contributed by atoms with Crippen molar-refractivity contribution in [1.29, 1.82) is 0 Å². The highest BCUT2D eigenvalue weighted by Crippen LogP contribution is 2.46. The summed E-state index contributed by atoms with van der Waals surface area (Å²) in [4.78, 5) is 5.46. The van der Waals surface area contributed by atoms with Crippen LogP contribution in [0.5, 0.6) is 0 Å². The minimum Gasteiger partial charge on any atom is -0.364 e. The third-order valence-corrected chi connectivity index (χ3v) is 7.51. The highest BCUT2D eigenvalue weighted by atomic mass is 15.2. The molecule has 0 aromatic heterocycles. The second-order valence-electron chi connectivity index (χ2n) is 10.1. The molecule has 2 fully saturated rings. The summed E-state index contributed by atoms with van der Waals surface area (Å²) in [6.45, 7) is 18.1. The molecule has 0 saturated carbocycles. The number of rotatable bonds is 7. The number of allylic oxidation sites excluding steroid dienone is 3. The first-order valence-corrected chi connectivity index (χ1v) is 12.0. The van der Waals surface area contributed by atoms with Crippen LogP contribution >= 0.6 is 0 Å². The molecule has 2 nitrogen and oxygen atoms in total. The molecule has 2 aliphatic heterocycles. The Labute approximate surface area is 184 Å². The molecule has 162 valence electrons. The summed E-state index contributed by atoms with van der Waals surface area (Å²) in [6.07, 6.45) is 8.88. The summed E-state index contributed by atoms with van der Waals surface area (Å²) in [5.74, 6) is 1.34. The maximum absolute atomic E-state index is 4.23. The van der Waals surface area contributed by atoms with E-state index in [-0.39, 0.29) is 0 Å². The summed E-state index contributed by atoms with van der Waals surface area (Å²) >= 11 is 0. The second kappa shape index (κ2) is 9.14. The number of aryl methyl sites for hydroxylation is 1. The van der Waals surface area contributed by atoms with E-state index in [2.05, 4.69) is 74.4 Å². The van der Waals surface area contributed by atoms with Crippen LogP contribution in [-0.2, 0) is 0 Å².